The van der Waals surface area contributed by atoms with Gasteiger partial charge >= 0.3 is 0 Å². The highest BCUT2D eigenvalue weighted by atomic mass is 35.5. The summed E-state index contributed by atoms with van der Waals surface area (Å²) in [5.74, 6) is 0.0933. The Morgan fingerprint density at radius 2 is 1.69 bits per heavy atom. The second kappa shape index (κ2) is 11.5. The molecule has 0 unspecified atom stereocenters. The molecule has 6 heteroatoms. The summed E-state index contributed by atoms with van der Waals surface area (Å²) >= 11 is 6.26. The molecule has 0 aromatic heterocycles. The van der Waals surface area contributed by atoms with Crippen LogP contribution in [-0.2, 0) is 4.79 Å². The molecule has 2 aromatic rings. The van der Waals surface area contributed by atoms with E-state index in [1.165, 1.54) is 0 Å². The minimum absolute atomic E-state index is 0.0100. The number of hydrogen-bond donors (Lipinski definition) is 2. The molecular weight excluding hydrogens is 386 g/mol. The van der Waals surface area contributed by atoms with Crippen LogP contribution in [0.4, 0.5) is 11.4 Å². The zero-order chi connectivity index (χ0) is 21.2. The Balaban J connectivity index is 1.81. The molecule has 156 valence electrons. The molecule has 29 heavy (non-hydrogen) atoms. The van der Waals surface area contributed by atoms with Crippen molar-refractivity contribution in [3.05, 3.63) is 58.6 Å². The Hall–Kier alpha value is -2.53. The lowest BCUT2D eigenvalue weighted by molar-refractivity contribution is -0.120. The molecule has 0 atom stereocenters. The molecule has 0 spiro atoms. The minimum Gasteiger partial charge on any atom is -0.359 e. The molecule has 2 rings (SSSR count). The SMILES string of the molecule is CNC(=O)CCCCCCN(C)C(=O)c1ccc(Nc2c(C)cccc2Cl)cc1. The lowest BCUT2D eigenvalue weighted by Crippen LogP contribution is -2.27. The van der Waals surface area contributed by atoms with E-state index in [9.17, 15) is 9.59 Å². The van der Waals surface area contributed by atoms with Crippen molar-refractivity contribution in [2.75, 3.05) is 26.0 Å². The molecule has 0 saturated heterocycles. The first kappa shape index (κ1) is 22.8. The number of benzene rings is 2. The number of anilines is 2. The average Bonchev–Trinajstić information content (AvgIpc) is 2.72. The first-order valence-electron chi connectivity index (χ1n) is 10.0. The van der Waals surface area contributed by atoms with E-state index in [0.717, 1.165) is 42.6 Å². The number of nitrogens with zero attached hydrogens (tertiary/aromatic N) is 1. The van der Waals surface area contributed by atoms with Crippen molar-refractivity contribution in [1.29, 1.82) is 0 Å². The molecule has 2 N–H and O–H groups in total. The fourth-order valence-electron chi connectivity index (χ4n) is 3.07. The number of nitrogens with one attached hydrogen (secondary N) is 2. The second-order valence-electron chi connectivity index (χ2n) is 7.20. The van der Waals surface area contributed by atoms with Gasteiger partial charge in [0, 0.05) is 38.3 Å². The predicted molar refractivity (Wildman–Crippen MR) is 120 cm³/mol. The van der Waals surface area contributed by atoms with Crippen molar-refractivity contribution in [2.45, 2.75) is 39.0 Å². The summed E-state index contributed by atoms with van der Waals surface area (Å²) in [7, 11) is 3.48. The summed E-state index contributed by atoms with van der Waals surface area (Å²) in [6.07, 6.45) is 4.39. The summed E-state index contributed by atoms with van der Waals surface area (Å²) in [5.41, 5.74) is 3.49. The summed E-state index contributed by atoms with van der Waals surface area (Å²) in [5, 5.41) is 6.61. The minimum atomic E-state index is 0.0100. The second-order valence-corrected chi connectivity index (χ2v) is 7.61. The fourth-order valence-corrected chi connectivity index (χ4v) is 3.33. The van der Waals surface area contributed by atoms with Crippen LogP contribution < -0.4 is 10.6 Å². The third-order valence-electron chi connectivity index (χ3n) is 4.90. The van der Waals surface area contributed by atoms with E-state index in [1.807, 2.05) is 56.4 Å². The standard InChI is InChI=1S/C23H30ClN3O2/c1-17-9-8-10-20(24)22(17)26-19-14-12-18(13-15-19)23(29)27(3)16-7-5-4-6-11-21(28)25-2/h8-10,12-15,26H,4-7,11,16H2,1-3H3,(H,25,28). The molecule has 0 aliphatic rings. The molecule has 0 fully saturated rings. The Morgan fingerprint density at radius 3 is 2.34 bits per heavy atom. The number of halogens is 1. The molecule has 0 bridgehead atoms. The molecule has 2 amide bonds. The van der Waals surface area contributed by atoms with Gasteiger partial charge in [-0.3, -0.25) is 9.59 Å². The zero-order valence-corrected chi connectivity index (χ0v) is 18.2. The van der Waals surface area contributed by atoms with E-state index in [1.54, 1.807) is 11.9 Å². The molecule has 0 aliphatic carbocycles. The van der Waals surface area contributed by atoms with Crippen molar-refractivity contribution in [1.82, 2.24) is 10.2 Å². The Morgan fingerprint density at radius 1 is 1.00 bits per heavy atom. The average molecular weight is 416 g/mol. The number of unbranched alkanes of at least 4 members (excludes halogenated alkanes) is 3. The highest BCUT2D eigenvalue weighted by Gasteiger charge is 2.12. The lowest BCUT2D eigenvalue weighted by Gasteiger charge is -2.17. The van der Waals surface area contributed by atoms with Crippen LogP contribution in [0.2, 0.25) is 5.02 Å². The van der Waals surface area contributed by atoms with Crippen molar-refractivity contribution in [2.24, 2.45) is 0 Å². The smallest absolute Gasteiger partial charge is 0.253 e. The van der Waals surface area contributed by atoms with Gasteiger partial charge in [-0.05, 0) is 55.7 Å². The zero-order valence-electron chi connectivity index (χ0n) is 17.4. The van der Waals surface area contributed by atoms with Gasteiger partial charge in [0.1, 0.15) is 0 Å². The van der Waals surface area contributed by atoms with Crippen LogP contribution in [-0.4, -0.2) is 37.4 Å². The van der Waals surface area contributed by atoms with Crippen LogP contribution in [0.15, 0.2) is 42.5 Å². The summed E-state index contributed by atoms with van der Waals surface area (Å²) in [6, 6.07) is 13.2. The highest BCUT2D eigenvalue weighted by molar-refractivity contribution is 6.33. The highest BCUT2D eigenvalue weighted by Crippen LogP contribution is 2.28. The van der Waals surface area contributed by atoms with Crippen molar-refractivity contribution in [3.63, 3.8) is 0 Å². The first-order chi connectivity index (χ1) is 13.9. The summed E-state index contributed by atoms with van der Waals surface area (Å²) in [6.45, 7) is 2.71. The normalized spacial score (nSPS) is 10.5. The van der Waals surface area contributed by atoms with Gasteiger partial charge in [-0.2, -0.15) is 0 Å². The topological polar surface area (TPSA) is 61.4 Å². The van der Waals surface area contributed by atoms with Gasteiger partial charge < -0.3 is 15.5 Å². The number of carbonyl (C=O) groups excluding carboxylic acids is 2. The van der Waals surface area contributed by atoms with E-state index < -0.39 is 0 Å². The maximum Gasteiger partial charge on any atom is 0.253 e. The van der Waals surface area contributed by atoms with Crippen LogP contribution in [0.5, 0.6) is 0 Å². The van der Waals surface area contributed by atoms with Crippen LogP contribution in [0.25, 0.3) is 0 Å². The molecule has 0 radical (unpaired) electrons. The van der Waals surface area contributed by atoms with Crippen molar-refractivity contribution < 1.29 is 9.59 Å². The third-order valence-corrected chi connectivity index (χ3v) is 5.21. The number of amides is 2. The Bertz CT molecular complexity index is 801. The van der Waals surface area contributed by atoms with E-state index in [0.29, 0.717) is 23.6 Å². The monoisotopic (exact) mass is 415 g/mol. The van der Waals surface area contributed by atoms with Crippen molar-refractivity contribution >= 4 is 34.8 Å². The maximum absolute atomic E-state index is 12.6. The van der Waals surface area contributed by atoms with Gasteiger partial charge in [0.25, 0.3) is 5.91 Å². The van der Waals surface area contributed by atoms with Gasteiger partial charge in [0.05, 0.1) is 10.7 Å². The summed E-state index contributed by atoms with van der Waals surface area (Å²) in [4.78, 5) is 25.5. The summed E-state index contributed by atoms with van der Waals surface area (Å²) < 4.78 is 0. The molecule has 0 saturated carbocycles. The molecule has 2 aromatic carbocycles. The van der Waals surface area contributed by atoms with Gasteiger partial charge in [0.15, 0.2) is 0 Å². The molecular formula is C23H30ClN3O2. The molecule has 0 aliphatic heterocycles. The number of hydrogen-bond acceptors (Lipinski definition) is 3. The Kier molecular flexibility index (Phi) is 9.00. The first-order valence-corrected chi connectivity index (χ1v) is 10.4. The van der Waals surface area contributed by atoms with Crippen LogP contribution >= 0.6 is 11.6 Å². The number of rotatable bonds is 10. The quantitative estimate of drug-likeness (QED) is 0.527. The van der Waals surface area contributed by atoms with E-state index in [2.05, 4.69) is 10.6 Å². The van der Waals surface area contributed by atoms with Gasteiger partial charge in [-0.25, -0.2) is 0 Å². The van der Waals surface area contributed by atoms with E-state index in [-0.39, 0.29) is 11.8 Å². The maximum atomic E-state index is 12.6. The Labute approximate surface area is 178 Å². The molecule has 0 heterocycles. The number of carbonyl (C=O) groups is 2. The van der Waals surface area contributed by atoms with E-state index >= 15 is 0 Å². The third kappa shape index (κ3) is 7.09. The molecule has 5 nitrogen and oxygen atoms in total. The van der Waals surface area contributed by atoms with Gasteiger partial charge in [0.2, 0.25) is 5.91 Å². The number of aryl methyl sites for hydroxylation is 1. The fraction of sp³-hybridized carbons (Fsp3) is 0.391. The number of para-hydroxylation sites is 1. The van der Waals surface area contributed by atoms with Gasteiger partial charge in [-0.15, -0.1) is 0 Å². The largest absolute Gasteiger partial charge is 0.359 e. The predicted octanol–water partition coefficient (Wildman–Crippen LogP) is 5.16. The van der Waals surface area contributed by atoms with Crippen LogP contribution in [0, 0.1) is 6.92 Å². The lowest BCUT2D eigenvalue weighted by atomic mass is 10.1. The van der Waals surface area contributed by atoms with Crippen LogP contribution in [0.1, 0.15) is 48.0 Å². The van der Waals surface area contributed by atoms with E-state index in [4.69, 9.17) is 11.6 Å². The van der Waals surface area contributed by atoms with Gasteiger partial charge in [-0.1, -0.05) is 36.6 Å². The van der Waals surface area contributed by atoms with Crippen molar-refractivity contribution in [3.8, 4) is 0 Å². The van der Waals surface area contributed by atoms with Crippen LogP contribution in [0.3, 0.4) is 0 Å².